The van der Waals surface area contributed by atoms with Crippen LogP contribution < -0.4 is 0 Å². The van der Waals surface area contributed by atoms with Gasteiger partial charge in [-0.15, -0.1) is 0 Å². The van der Waals surface area contributed by atoms with E-state index in [4.69, 9.17) is 0 Å². The molecule has 2 aliphatic carbocycles. The topological polar surface area (TPSA) is 0 Å². The van der Waals surface area contributed by atoms with E-state index >= 15 is 0 Å². The van der Waals surface area contributed by atoms with Crippen LogP contribution in [0.1, 0.15) is 50.0 Å². The van der Waals surface area contributed by atoms with E-state index in [1.165, 1.54) is 38.5 Å². The first-order chi connectivity index (χ1) is 7.45. The van der Waals surface area contributed by atoms with Gasteiger partial charge in [0.25, 0.3) is 0 Å². The van der Waals surface area contributed by atoms with Crippen molar-refractivity contribution in [2.24, 2.45) is 5.92 Å². The number of hydrogen-bond donors (Lipinski definition) is 0. The number of benzene rings is 1. The third kappa shape index (κ3) is 1.71. The molecule has 0 heterocycles. The van der Waals surface area contributed by atoms with Crippen molar-refractivity contribution in [1.29, 1.82) is 0 Å². The molecule has 2 saturated carbocycles. The highest BCUT2D eigenvalue weighted by Crippen LogP contribution is 2.52. The van der Waals surface area contributed by atoms with Crippen molar-refractivity contribution in [3.8, 4) is 0 Å². The number of rotatable bonds is 2. The standard InChI is InChI=1S/C15H19/c1-2-6-12(7-3-1)14-10-11-15(14)13-8-4-5-9-13/h1-3,6-7,13-14H,4-5,8-11H2. The van der Waals surface area contributed by atoms with Crippen molar-refractivity contribution >= 4 is 0 Å². The maximum atomic E-state index is 2.30. The lowest BCUT2D eigenvalue weighted by atomic mass is 9.64. The van der Waals surface area contributed by atoms with Crippen molar-refractivity contribution in [2.75, 3.05) is 0 Å². The van der Waals surface area contributed by atoms with Crippen molar-refractivity contribution in [3.05, 3.63) is 41.8 Å². The van der Waals surface area contributed by atoms with Crippen LogP contribution in [0.25, 0.3) is 0 Å². The molecule has 1 aromatic rings. The minimum Gasteiger partial charge on any atom is -0.0622 e. The van der Waals surface area contributed by atoms with E-state index in [1.807, 2.05) is 5.92 Å². The van der Waals surface area contributed by atoms with Crippen molar-refractivity contribution in [2.45, 2.75) is 44.4 Å². The molecular weight excluding hydrogens is 180 g/mol. The Morgan fingerprint density at radius 1 is 0.867 bits per heavy atom. The molecule has 2 aliphatic rings. The molecule has 3 rings (SSSR count). The van der Waals surface area contributed by atoms with E-state index in [-0.39, 0.29) is 0 Å². The molecule has 0 nitrogen and oxygen atoms in total. The molecule has 0 aliphatic heterocycles. The second-order valence-corrected chi connectivity index (χ2v) is 5.06. The molecule has 0 N–H and O–H groups in total. The van der Waals surface area contributed by atoms with Crippen LogP contribution >= 0.6 is 0 Å². The summed E-state index contributed by atoms with van der Waals surface area (Å²) in [7, 11) is 0. The molecule has 1 aromatic carbocycles. The number of hydrogen-bond acceptors (Lipinski definition) is 0. The summed E-state index contributed by atoms with van der Waals surface area (Å²) < 4.78 is 0. The summed E-state index contributed by atoms with van der Waals surface area (Å²) in [4.78, 5) is 0. The predicted octanol–water partition coefficient (Wildman–Crippen LogP) is 4.33. The van der Waals surface area contributed by atoms with Crippen LogP contribution in [-0.4, -0.2) is 0 Å². The Kier molecular flexibility index (Phi) is 2.52. The van der Waals surface area contributed by atoms with Crippen LogP contribution in [-0.2, 0) is 0 Å². The average Bonchev–Trinajstić information content (AvgIpc) is 2.71. The van der Waals surface area contributed by atoms with Crippen LogP contribution in [0.4, 0.5) is 0 Å². The summed E-state index contributed by atoms with van der Waals surface area (Å²) in [5.41, 5.74) is 1.56. The van der Waals surface area contributed by atoms with E-state index < -0.39 is 0 Å². The van der Waals surface area contributed by atoms with Gasteiger partial charge in [0.1, 0.15) is 0 Å². The second-order valence-electron chi connectivity index (χ2n) is 5.06. The summed E-state index contributed by atoms with van der Waals surface area (Å²) in [6, 6.07) is 11.1. The summed E-state index contributed by atoms with van der Waals surface area (Å²) >= 11 is 0. The fourth-order valence-corrected chi connectivity index (χ4v) is 3.31. The largest absolute Gasteiger partial charge is 0.0622 e. The van der Waals surface area contributed by atoms with E-state index in [9.17, 15) is 0 Å². The molecule has 0 amide bonds. The summed E-state index contributed by atoms with van der Waals surface area (Å²) in [5, 5.41) is 0. The van der Waals surface area contributed by atoms with Gasteiger partial charge in [-0.1, -0.05) is 43.2 Å². The minimum atomic E-state index is 0.814. The lowest BCUT2D eigenvalue weighted by Gasteiger charge is -2.40. The van der Waals surface area contributed by atoms with Gasteiger partial charge in [0.2, 0.25) is 0 Å². The molecule has 1 unspecified atom stereocenters. The third-order valence-corrected chi connectivity index (χ3v) is 4.25. The lowest BCUT2D eigenvalue weighted by Crippen LogP contribution is -2.27. The average molecular weight is 199 g/mol. The second kappa shape index (κ2) is 4.00. The van der Waals surface area contributed by atoms with Gasteiger partial charge in [-0.25, -0.2) is 0 Å². The quantitative estimate of drug-likeness (QED) is 0.665. The van der Waals surface area contributed by atoms with Crippen LogP contribution in [0.3, 0.4) is 0 Å². The van der Waals surface area contributed by atoms with Gasteiger partial charge in [-0.05, 0) is 49.0 Å². The maximum absolute atomic E-state index is 2.30. The molecule has 0 aromatic heterocycles. The Hall–Kier alpha value is -0.780. The Balaban J connectivity index is 1.72. The SMILES string of the molecule is c1ccc(C2CC[C]2C2CCCC2)cc1. The first-order valence-electron chi connectivity index (χ1n) is 6.36. The van der Waals surface area contributed by atoms with Gasteiger partial charge in [-0.3, -0.25) is 0 Å². The summed E-state index contributed by atoms with van der Waals surface area (Å²) in [6.45, 7) is 0. The van der Waals surface area contributed by atoms with Crippen molar-refractivity contribution < 1.29 is 0 Å². The third-order valence-electron chi connectivity index (χ3n) is 4.25. The van der Waals surface area contributed by atoms with Crippen LogP contribution in [0.5, 0.6) is 0 Å². The molecule has 15 heavy (non-hydrogen) atoms. The molecule has 0 heteroatoms. The van der Waals surface area contributed by atoms with Gasteiger partial charge in [-0.2, -0.15) is 0 Å². The lowest BCUT2D eigenvalue weighted by molar-refractivity contribution is 0.353. The Morgan fingerprint density at radius 2 is 1.60 bits per heavy atom. The van der Waals surface area contributed by atoms with E-state index in [1.54, 1.807) is 5.56 Å². The highest BCUT2D eigenvalue weighted by atomic mass is 14.4. The van der Waals surface area contributed by atoms with Gasteiger partial charge in [0, 0.05) is 0 Å². The highest BCUT2D eigenvalue weighted by molar-refractivity contribution is 5.31. The zero-order valence-corrected chi connectivity index (χ0v) is 9.28. The molecule has 1 atom stereocenters. The molecule has 0 bridgehead atoms. The normalized spacial score (nSPS) is 27.9. The fraction of sp³-hybridized carbons (Fsp3) is 0.533. The molecule has 0 saturated heterocycles. The zero-order chi connectivity index (χ0) is 10.1. The molecule has 2 fully saturated rings. The van der Waals surface area contributed by atoms with Crippen molar-refractivity contribution in [3.63, 3.8) is 0 Å². The van der Waals surface area contributed by atoms with E-state index in [2.05, 4.69) is 30.3 Å². The summed E-state index contributed by atoms with van der Waals surface area (Å²) in [5.74, 6) is 3.66. The predicted molar refractivity (Wildman–Crippen MR) is 63.6 cm³/mol. The zero-order valence-electron chi connectivity index (χ0n) is 9.28. The Labute approximate surface area is 92.7 Å². The van der Waals surface area contributed by atoms with Crippen LogP contribution in [0.2, 0.25) is 0 Å². The van der Waals surface area contributed by atoms with Crippen molar-refractivity contribution in [1.82, 2.24) is 0 Å². The maximum Gasteiger partial charge on any atom is -0.00968 e. The summed E-state index contributed by atoms with van der Waals surface area (Å²) in [6.07, 6.45) is 8.68. The smallest absolute Gasteiger partial charge is 0.00968 e. The van der Waals surface area contributed by atoms with Gasteiger partial charge < -0.3 is 0 Å². The van der Waals surface area contributed by atoms with Gasteiger partial charge in [0.15, 0.2) is 0 Å². The van der Waals surface area contributed by atoms with E-state index in [0.29, 0.717) is 0 Å². The molecular formula is C15H19. The Morgan fingerprint density at radius 3 is 2.20 bits per heavy atom. The molecule has 1 radical (unpaired) electrons. The van der Waals surface area contributed by atoms with Crippen LogP contribution in [0.15, 0.2) is 30.3 Å². The molecule has 79 valence electrons. The van der Waals surface area contributed by atoms with E-state index in [0.717, 1.165) is 11.8 Å². The molecule has 0 spiro atoms. The van der Waals surface area contributed by atoms with Crippen LogP contribution in [0, 0.1) is 11.8 Å². The monoisotopic (exact) mass is 199 g/mol. The minimum absolute atomic E-state index is 0.814. The first-order valence-corrected chi connectivity index (χ1v) is 6.36. The highest BCUT2D eigenvalue weighted by Gasteiger charge is 2.38. The Bertz CT molecular complexity index is 308. The fourth-order valence-electron chi connectivity index (χ4n) is 3.31. The van der Waals surface area contributed by atoms with Gasteiger partial charge in [0.05, 0.1) is 0 Å². The van der Waals surface area contributed by atoms with Gasteiger partial charge >= 0.3 is 0 Å². The first kappa shape index (κ1) is 9.45.